The molecule has 0 aliphatic rings. The minimum absolute atomic E-state index is 0.107. The van der Waals surface area contributed by atoms with Gasteiger partial charge in [0.25, 0.3) is 0 Å². The molecule has 0 saturated heterocycles. The molecular weight excluding hydrogens is 365 g/mol. The van der Waals surface area contributed by atoms with Crippen LogP contribution in [0.3, 0.4) is 0 Å². The van der Waals surface area contributed by atoms with Gasteiger partial charge in [-0.3, -0.25) is 9.69 Å². The SMILES string of the molecule is CSc1ccccc1NC(=O)CN(C)Cc1ncc(-c2ccc(F)cc2)o1. The van der Waals surface area contributed by atoms with E-state index in [0.717, 1.165) is 16.1 Å². The maximum absolute atomic E-state index is 13.0. The van der Waals surface area contributed by atoms with Crippen molar-refractivity contribution in [1.82, 2.24) is 9.88 Å². The number of anilines is 1. The molecule has 0 aliphatic heterocycles. The Hall–Kier alpha value is -2.64. The number of aromatic nitrogens is 1. The molecule has 0 spiro atoms. The van der Waals surface area contributed by atoms with Gasteiger partial charge in [0.1, 0.15) is 5.82 Å². The number of hydrogen-bond donors (Lipinski definition) is 1. The Kier molecular flexibility index (Phi) is 6.26. The van der Waals surface area contributed by atoms with Crippen molar-refractivity contribution in [1.29, 1.82) is 0 Å². The summed E-state index contributed by atoms with van der Waals surface area (Å²) in [6.45, 7) is 0.593. The van der Waals surface area contributed by atoms with Crippen LogP contribution in [-0.4, -0.2) is 35.6 Å². The summed E-state index contributed by atoms with van der Waals surface area (Å²) in [7, 11) is 1.82. The van der Waals surface area contributed by atoms with Gasteiger partial charge >= 0.3 is 0 Å². The molecule has 0 saturated carbocycles. The van der Waals surface area contributed by atoms with Crippen LogP contribution in [0.1, 0.15) is 5.89 Å². The van der Waals surface area contributed by atoms with Crippen molar-refractivity contribution in [2.45, 2.75) is 11.4 Å². The number of halogens is 1. The van der Waals surface area contributed by atoms with E-state index < -0.39 is 0 Å². The largest absolute Gasteiger partial charge is 0.439 e. The van der Waals surface area contributed by atoms with Crippen molar-refractivity contribution in [3.8, 4) is 11.3 Å². The van der Waals surface area contributed by atoms with Crippen molar-refractivity contribution < 1.29 is 13.6 Å². The molecule has 0 bridgehead atoms. The normalized spacial score (nSPS) is 11.0. The second kappa shape index (κ2) is 8.83. The zero-order valence-corrected chi connectivity index (χ0v) is 15.9. The van der Waals surface area contributed by atoms with Crippen LogP contribution in [-0.2, 0) is 11.3 Å². The fourth-order valence-electron chi connectivity index (χ4n) is 2.60. The number of oxazole rings is 1. The molecular formula is C20H20FN3O2S. The fourth-order valence-corrected chi connectivity index (χ4v) is 3.15. The molecule has 0 fully saturated rings. The van der Waals surface area contributed by atoms with E-state index in [1.165, 1.54) is 12.1 Å². The Morgan fingerprint density at radius 1 is 1.22 bits per heavy atom. The third-order valence-corrected chi connectivity index (χ3v) is 4.68. The summed E-state index contributed by atoms with van der Waals surface area (Å²) in [6.07, 6.45) is 3.57. The molecule has 0 aliphatic carbocycles. The minimum atomic E-state index is -0.299. The van der Waals surface area contributed by atoms with Crippen molar-refractivity contribution in [3.63, 3.8) is 0 Å². The average Bonchev–Trinajstić information content (AvgIpc) is 3.10. The number of likely N-dealkylation sites (N-methyl/N-ethyl adjacent to an activating group) is 1. The topological polar surface area (TPSA) is 58.4 Å². The zero-order valence-electron chi connectivity index (χ0n) is 15.1. The van der Waals surface area contributed by atoms with Gasteiger partial charge in [-0.15, -0.1) is 11.8 Å². The van der Waals surface area contributed by atoms with Crippen molar-refractivity contribution in [2.75, 3.05) is 25.2 Å². The monoisotopic (exact) mass is 385 g/mol. The van der Waals surface area contributed by atoms with Gasteiger partial charge in [0, 0.05) is 10.5 Å². The van der Waals surface area contributed by atoms with Crippen LogP contribution >= 0.6 is 11.8 Å². The lowest BCUT2D eigenvalue weighted by Crippen LogP contribution is -2.30. The number of carbonyl (C=O) groups excluding carboxylic acids is 1. The Balaban J connectivity index is 1.57. The number of amides is 1. The first-order valence-electron chi connectivity index (χ1n) is 8.37. The van der Waals surface area contributed by atoms with E-state index in [-0.39, 0.29) is 18.3 Å². The molecule has 140 valence electrons. The predicted octanol–water partition coefficient (Wildman–Crippen LogP) is 4.27. The molecule has 1 N–H and O–H groups in total. The van der Waals surface area contributed by atoms with Gasteiger partial charge in [-0.05, 0) is 49.7 Å². The quantitative estimate of drug-likeness (QED) is 0.616. The third kappa shape index (κ3) is 5.18. The van der Waals surface area contributed by atoms with Crippen molar-refractivity contribution in [2.24, 2.45) is 0 Å². The molecule has 0 unspecified atom stereocenters. The number of hydrogen-bond acceptors (Lipinski definition) is 5. The van der Waals surface area contributed by atoms with Gasteiger partial charge in [-0.1, -0.05) is 12.1 Å². The van der Waals surface area contributed by atoms with Gasteiger partial charge in [-0.25, -0.2) is 9.37 Å². The molecule has 1 aromatic heterocycles. The standard InChI is InChI=1S/C20H20FN3O2S/c1-24(12-19(25)23-16-5-3-4-6-18(16)27-2)13-20-22-11-17(26-20)14-7-9-15(21)10-8-14/h3-11H,12-13H2,1-2H3,(H,23,25). The highest BCUT2D eigenvalue weighted by Crippen LogP contribution is 2.24. The summed E-state index contributed by atoms with van der Waals surface area (Å²) < 4.78 is 18.7. The summed E-state index contributed by atoms with van der Waals surface area (Å²) in [5, 5.41) is 2.93. The molecule has 1 amide bonds. The second-order valence-electron chi connectivity index (χ2n) is 6.05. The first-order valence-corrected chi connectivity index (χ1v) is 9.59. The molecule has 0 radical (unpaired) electrons. The zero-order chi connectivity index (χ0) is 19.2. The average molecular weight is 385 g/mol. The number of para-hydroxylation sites is 1. The molecule has 2 aromatic carbocycles. The molecule has 3 rings (SSSR count). The van der Waals surface area contributed by atoms with E-state index in [9.17, 15) is 9.18 Å². The Bertz CT molecular complexity index is 912. The lowest BCUT2D eigenvalue weighted by Gasteiger charge is -2.15. The van der Waals surface area contributed by atoms with Crippen LogP contribution in [0.4, 0.5) is 10.1 Å². The van der Waals surface area contributed by atoms with Crippen LogP contribution in [0.2, 0.25) is 0 Å². The highest BCUT2D eigenvalue weighted by molar-refractivity contribution is 7.98. The van der Waals surface area contributed by atoms with Gasteiger partial charge in [-0.2, -0.15) is 0 Å². The van der Waals surface area contributed by atoms with E-state index in [2.05, 4.69) is 10.3 Å². The number of rotatable bonds is 7. The first kappa shape index (κ1) is 19.1. The van der Waals surface area contributed by atoms with E-state index in [4.69, 9.17) is 4.42 Å². The van der Waals surface area contributed by atoms with E-state index in [0.29, 0.717) is 18.2 Å². The molecule has 5 nitrogen and oxygen atoms in total. The number of carbonyl (C=O) groups is 1. The van der Waals surface area contributed by atoms with E-state index >= 15 is 0 Å². The molecule has 7 heteroatoms. The van der Waals surface area contributed by atoms with Gasteiger partial charge in [0.2, 0.25) is 11.8 Å². The number of nitrogens with one attached hydrogen (secondary N) is 1. The molecule has 0 atom stereocenters. The van der Waals surface area contributed by atoms with E-state index in [1.54, 1.807) is 30.1 Å². The maximum Gasteiger partial charge on any atom is 0.238 e. The van der Waals surface area contributed by atoms with Crippen LogP contribution in [0.5, 0.6) is 0 Å². The highest BCUT2D eigenvalue weighted by atomic mass is 32.2. The number of nitrogens with zero attached hydrogens (tertiary/aromatic N) is 2. The van der Waals surface area contributed by atoms with Crippen LogP contribution < -0.4 is 5.32 Å². The van der Waals surface area contributed by atoms with Gasteiger partial charge in [0.05, 0.1) is 25.0 Å². The predicted molar refractivity (Wildman–Crippen MR) is 105 cm³/mol. The Morgan fingerprint density at radius 3 is 2.70 bits per heavy atom. The first-order chi connectivity index (χ1) is 13.0. The highest BCUT2D eigenvalue weighted by Gasteiger charge is 2.13. The van der Waals surface area contributed by atoms with Gasteiger partial charge < -0.3 is 9.73 Å². The lowest BCUT2D eigenvalue weighted by atomic mass is 10.2. The molecule has 1 heterocycles. The molecule has 3 aromatic rings. The summed E-state index contributed by atoms with van der Waals surface area (Å²) in [5.74, 6) is 0.655. The summed E-state index contributed by atoms with van der Waals surface area (Å²) in [4.78, 5) is 19.4. The van der Waals surface area contributed by atoms with E-state index in [1.807, 2.05) is 42.5 Å². The summed E-state index contributed by atoms with van der Waals surface area (Å²) in [6, 6.07) is 13.7. The third-order valence-electron chi connectivity index (χ3n) is 3.88. The summed E-state index contributed by atoms with van der Waals surface area (Å²) in [5.41, 5.74) is 1.56. The Morgan fingerprint density at radius 2 is 1.96 bits per heavy atom. The van der Waals surface area contributed by atoms with Crippen molar-refractivity contribution in [3.05, 3.63) is 66.4 Å². The minimum Gasteiger partial charge on any atom is -0.439 e. The molecule has 27 heavy (non-hydrogen) atoms. The number of thioether (sulfide) groups is 1. The smallest absolute Gasteiger partial charge is 0.238 e. The van der Waals surface area contributed by atoms with Crippen LogP contribution in [0.15, 0.2) is 64.0 Å². The maximum atomic E-state index is 13.0. The lowest BCUT2D eigenvalue weighted by molar-refractivity contribution is -0.117. The fraction of sp³-hybridized carbons (Fsp3) is 0.200. The van der Waals surface area contributed by atoms with Crippen molar-refractivity contribution >= 4 is 23.4 Å². The number of benzene rings is 2. The Labute approximate surface area is 161 Å². The van der Waals surface area contributed by atoms with Crippen LogP contribution in [0.25, 0.3) is 11.3 Å². The van der Waals surface area contributed by atoms with Gasteiger partial charge in [0.15, 0.2) is 5.76 Å². The summed E-state index contributed by atoms with van der Waals surface area (Å²) >= 11 is 1.58. The van der Waals surface area contributed by atoms with Crippen LogP contribution in [0, 0.1) is 5.82 Å². The second-order valence-corrected chi connectivity index (χ2v) is 6.89.